The van der Waals surface area contributed by atoms with Gasteiger partial charge in [-0.1, -0.05) is 43.5 Å². The highest BCUT2D eigenvalue weighted by Crippen LogP contribution is 2.38. The van der Waals surface area contributed by atoms with Gasteiger partial charge in [-0.25, -0.2) is 0 Å². The van der Waals surface area contributed by atoms with Crippen LogP contribution in [0.25, 0.3) is 33.3 Å². The van der Waals surface area contributed by atoms with Crippen LogP contribution in [0.1, 0.15) is 60.0 Å². The number of aromatic amines is 2. The lowest BCUT2D eigenvalue weighted by atomic mass is 9.94. The Balaban J connectivity index is 1.37. The maximum atomic E-state index is 13.1. The first-order valence-corrected chi connectivity index (χ1v) is 14.5. The highest BCUT2D eigenvalue weighted by Gasteiger charge is 2.19. The molecule has 6 heteroatoms. The summed E-state index contributed by atoms with van der Waals surface area (Å²) in [6.07, 6.45) is 11.2. The number of hydrogen-bond acceptors (Lipinski definition) is 3. The van der Waals surface area contributed by atoms with Crippen molar-refractivity contribution in [3.8, 4) is 22.4 Å². The molecule has 208 valence electrons. The molecule has 1 aliphatic rings. The molecular formula is C34H39N3O3. The Kier molecular flexibility index (Phi) is 8.97. The summed E-state index contributed by atoms with van der Waals surface area (Å²) in [6, 6.07) is 15.7. The van der Waals surface area contributed by atoms with Crippen LogP contribution in [0.2, 0.25) is 0 Å². The molecule has 0 bridgehead atoms. The molecule has 0 atom stereocenters. The van der Waals surface area contributed by atoms with Crippen molar-refractivity contribution in [2.24, 2.45) is 5.92 Å². The number of carbonyl (C=O) groups is 1. The molecular weight excluding hydrogens is 498 g/mol. The minimum atomic E-state index is -0.162. The van der Waals surface area contributed by atoms with Gasteiger partial charge < -0.3 is 20.0 Å². The van der Waals surface area contributed by atoms with E-state index in [4.69, 9.17) is 4.74 Å². The summed E-state index contributed by atoms with van der Waals surface area (Å²) < 4.78 is 5.45. The number of benzene rings is 2. The number of fused-ring (bicyclic) bond motifs is 1. The largest absolute Gasteiger partial charge is 0.381 e. The van der Waals surface area contributed by atoms with Crippen LogP contribution in [0.5, 0.6) is 0 Å². The normalized spacial score (nSPS) is 13.9. The molecule has 2 aromatic carbocycles. The number of unbranched alkanes of at least 4 members (excludes halogenated alkanes) is 2. The standard InChI is InChI=1S/C34H39N3O3/c1-3-8-25-11-12-26(21-23(25)2)31-29-22-27(13-14-30(29)37-32(31)28-10-7-18-36-34(28)39)33(38)35-17-6-4-5-9-24-15-19-40-20-16-24/h3,7,10-14,18,21-22,24,37H,1,4-6,8-9,15-17,19-20H2,2H3,(H,35,38)(H,36,39). The number of carbonyl (C=O) groups excluding carboxylic acids is 1. The fourth-order valence-electron chi connectivity index (χ4n) is 5.76. The van der Waals surface area contributed by atoms with Crippen LogP contribution in [0.15, 0.2) is 72.2 Å². The number of aryl methyl sites for hydroxylation is 1. The van der Waals surface area contributed by atoms with E-state index in [9.17, 15) is 9.59 Å². The first-order chi connectivity index (χ1) is 19.5. The van der Waals surface area contributed by atoms with E-state index in [0.29, 0.717) is 17.7 Å². The fraction of sp³-hybridized carbons (Fsp3) is 0.353. The molecule has 5 rings (SSSR count). The van der Waals surface area contributed by atoms with Crippen LogP contribution in [0.3, 0.4) is 0 Å². The molecule has 0 unspecified atom stereocenters. The van der Waals surface area contributed by atoms with Crippen LogP contribution in [0, 0.1) is 12.8 Å². The van der Waals surface area contributed by atoms with Crippen molar-refractivity contribution in [2.75, 3.05) is 19.8 Å². The van der Waals surface area contributed by atoms with Crippen LogP contribution >= 0.6 is 0 Å². The van der Waals surface area contributed by atoms with Crippen LogP contribution in [-0.4, -0.2) is 35.6 Å². The molecule has 6 nitrogen and oxygen atoms in total. The van der Waals surface area contributed by atoms with Gasteiger partial charge in [0, 0.05) is 48.0 Å². The summed E-state index contributed by atoms with van der Waals surface area (Å²) in [5.74, 6) is 0.721. The number of ether oxygens (including phenoxy) is 1. The number of aromatic nitrogens is 2. The molecule has 0 spiro atoms. The minimum Gasteiger partial charge on any atom is -0.381 e. The molecule has 3 heterocycles. The number of hydrogen-bond donors (Lipinski definition) is 3. The van der Waals surface area contributed by atoms with E-state index < -0.39 is 0 Å². The summed E-state index contributed by atoms with van der Waals surface area (Å²) in [5.41, 5.74) is 6.93. The van der Waals surface area contributed by atoms with Crippen molar-refractivity contribution in [1.29, 1.82) is 0 Å². The van der Waals surface area contributed by atoms with Gasteiger partial charge in [-0.05, 0) is 85.5 Å². The van der Waals surface area contributed by atoms with E-state index in [-0.39, 0.29) is 11.5 Å². The first-order valence-electron chi connectivity index (χ1n) is 14.5. The molecule has 40 heavy (non-hydrogen) atoms. The Bertz CT molecular complexity index is 1540. The summed E-state index contributed by atoms with van der Waals surface area (Å²) >= 11 is 0. The molecule has 0 aliphatic carbocycles. The van der Waals surface area contributed by atoms with Gasteiger partial charge in [0.2, 0.25) is 0 Å². The molecule has 1 amide bonds. The zero-order valence-electron chi connectivity index (χ0n) is 23.4. The van der Waals surface area contributed by atoms with Crippen LogP contribution in [-0.2, 0) is 11.2 Å². The third kappa shape index (κ3) is 6.28. The smallest absolute Gasteiger partial charge is 0.257 e. The van der Waals surface area contributed by atoms with E-state index >= 15 is 0 Å². The zero-order chi connectivity index (χ0) is 27.9. The maximum absolute atomic E-state index is 13.1. The number of amides is 1. The molecule has 2 aromatic heterocycles. The number of H-pyrrole nitrogens is 2. The second-order valence-electron chi connectivity index (χ2n) is 10.8. The van der Waals surface area contributed by atoms with Crippen molar-refractivity contribution >= 4 is 16.8 Å². The fourth-order valence-corrected chi connectivity index (χ4v) is 5.76. The summed E-state index contributed by atoms with van der Waals surface area (Å²) in [5, 5.41) is 4.02. The average Bonchev–Trinajstić information content (AvgIpc) is 3.35. The lowest BCUT2D eigenvalue weighted by Gasteiger charge is -2.21. The summed E-state index contributed by atoms with van der Waals surface area (Å²) in [7, 11) is 0. The summed E-state index contributed by atoms with van der Waals surface area (Å²) in [6.45, 7) is 8.43. The second kappa shape index (κ2) is 13.0. The van der Waals surface area contributed by atoms with E-state index in [0.717, 1.165) is 71.7 Å². The second-order valence-corrected chi connectivity index (χ2v) is 10.8. The van der Waals surface area contributed by atoms with Crippen LogP contribution in [0.4, 0.5) is 0 Å². The highest BCUT2D eigenvalue weighted by atomic mass is 16.5. The summed E-state index contributed by atoms with van der Waals surface area (Å²) in [4.78, 5) is 32.2. The molecule has 1 saturated heterocycles. The first kappa shape index (κ1) is 27.7. The van der Waals surface area contributed by atoms with Gasteiger partial charge in [-0.15, -0.1) is 6.58 Å². The number of nitrogens with one attached hydrogen (secondary N) is 3. The van der Waals surface area contributed by atoms with E-state index in [1.54, 1.807) is 6.20 Å². The quantitative estimate of drug-likeness (QED) is 0.143. The third-order valence-electron chi connectivity index (χ3n) is 8.06. The Morgan fingerprint density at radius 3 is 2.73 bits per heavy atom. The molecule has 3 N–H and O–H groups in total. The average molecular weight is 538 g/mol. The SMILES string of the molecule is C=CCc1ccc(-c2c(-c3ccc[nH]c3=O)[nH]c3ccc(C(=O)NCCCCCC4CCOCC4)cc23)cc1C. The van der Waals surface area contributed by atoms with E-state index in [1.165, 1.54) is 31.2 Å². The Hall–Kier alpha value is -3.90. The maximum Gasteiger partial charge on any atom is 0.257 e. The van der Waals surface area contributed by atoms with E-state index in [2.05, 4.69) is 47.0 Å². The van der Waals surface area contributed by atoms with Gasteiger partial charge >= 0.3 is 0 Å². The molecule has 4 aromatic rings. The zero-order valence-corrected chi connectivity index (χ0v) is 23.4. The Labute approximate surface area is 235 Å². The minimum absolute atomic E-state index is 0.0740. The van der Waals surface area contributed by atoms with Gasteiger partial charge in [-0.3, -0.25) is 9.59 Å². The molecule has 0 radical (unpaired) electrons. The van der Waals surface area contributed by atoms with Gasteiger partial charge in [-0.2, -0.15) is 0 Å². The topological polar surface area (TPSA) is 87.0 Å². The lowest BCUT2D eigenvalue weighted by molar-refractivity contribution is 0.0631. The van der Waals surface area contributed by atoms with Crippen molar-refractivity contribution in [2.45, 2.75) is 51.9 Å². The van der Waals surface area contributed by atoms with Gasteiger partial charge in [0.25, 0.3) is 11.5 Å². The van der Waals surface area contributed by atoms with Crippen molar-refractivity contribution in [3.05, 3.63) is 94.4 Å². The van der Waals surface area contributed by atoms with Gasteiger partial charge in [0.05, 0.1) is 11.3 Å². The number of allylic oxidation sites excluding steroid dienone is 1. The molecule has 0 saturated carbocycles. The predicted octanol–water partition coefficient (Wildman–Crippen LogP) is 6.94. The lowest BCUT2D eigenvalue weighted by Crippen LogP contribution is -2.24. The number of pyridine rings is 1. The van der Waals surface area contributed by atoms with Gasteiger partial charge in [0.15, 0.2) is 0 Å². The van der Waals surface area contributed by atoms with Crippen molar-refractivity contribution in [1.82, 2.24) is 15.3 Å². The molecule has 1 fully saturated rings. The Morgan fingerprint density at radius 1 is 1.10 bits per heavy atom. The molecule has 1 aliphatic heterocycles. The number of rotatable bonds is 11. The van der Waals surface area contributed by atoms with Crippen molar-refractivity contribution in [3.63, 3.8) is 0 Å². The van der Waals surface area contributed by atoms with Gasteiger partial charge in [0.1, 0.15) is 0 Å². The highest BCUT2D eigenvalue weighted by molar-refractivity contribution is 6.07. The Morgan fingerprint density at radius 2 is 1.95 bits per heavy atom. The predicted molar refractivity (Wildman–Crippen MR) is 163 cm³/mol. The monoisotopic (exact) mass is 537 g/mol. The third-order valence-corrected chi connectivity index (χ3v) is 8.06. The van der Waals surface area contributed by atoms with Crippen molar-refractivity contribution < 1.29 is 9.53 Å². The van der Waals surface area contributed by atoms with Crippen LogP contribution < -0.4 is 10.9 Å². The van der Waals surface area contributed by atoms with E-state index in [1.807, 2.05) is 36.4 Å².